The van der Waals surface area contributed by atoms with Gasteiger partial charge in [-0.15, -0.1) is 23.1 Å². The SMILES string of the molecule is CCCNC(=O)CNC(=O)CSCc1nc2sc(C)c(C)c2c(=O)[nH]1. The maximum Gasteiger partial charge on any atom is 0.259 e. The van der Waals surface area contributed by atoms with Crippen LogP contribution in [0.5, 0.6) is 0 Å². The van der Waals surface area contributed by atoms with Crippen molar-refractivity contribution in [2.24, 2.45) is 0 Å². The molecule has 0 aromatic carbocycles. The van der Waals surface area contributed by atoms with Crippen molar-refractivity contribution in [3.63, 3.8) is 0 Å². The Kier molecular flexibility index (Phi) is 7.01. The number of rotatable bonds is 8. The van der Waals surface area contributed by atoms with Crippen molar-refractivity contribution < 1.29 is 9.59 Å². The van der Waals surface area contributed by atoms with Crippen LogP contribution in [-0.2, 0) is 15.3 Å². The van der Waals surface area contributed by atoms with Crippen molar-refractivity contribution in [3.8, 4) is 0 Å². The molecule has 0 saturated heterocycles. The molecule has 2 heterocycles. The minimum atomic E-state index is -0.220. The Morgan fingerprint density at radius 3 is 2.72 bits per heavy atom. The minimum Gasteiger partial charge on any atom is -0.355 e. The van der Waals surface area contributed by atoms with E-state index in [1.165, 1.54) is 23.1 Å². The molecule has 0 unspecified atom stereocenters. The van der Waals surface area contributed by atoms with E-state index in [2.05, 4.69) is 20.6 Å². The molecule has 0 aliphatic heterocycles. The van der Waals surface area contributed by atoms with Gasteiger partial charge in [0.05, 0.1) is 23.4 Å². The van der Waals surface area contributed by atoms with E-state index < -0.39 is 0 Å². The van der Waals surface area contributed by atoms with Crippen LogP contribution in [0.15, 0.2) is 4.79 Å². The van der Waals surface area contributed by atoms with E-state index >= 15 is 0 Å². The van der Waals surface area contributed by atoms with E-state index in [1.54, 1.807) is 0 Å². The Balaban J connectivity index is 1.83. The van der Waals surface area contributed by atoms with Crippen LogP contribution in [0.25, 0.3) is 10.2 Å². The largest absolute Gasteiger partial charge is 0.355 e. The van der Waals surface area contributed by atoms with Crippen LogP contribution in [0.3, 0.4) is 0 Å². The summed E-state index contributed by atoms with van der Waals surface area (Å²) < 4.78 is 0. The standard InChI is InChI=1S/C16H22N4O3S2/c1-4-5-17-12(21)6-18-13(22)8-24-7-11-19-15(23)14-9(2)10(3)25-16(14)20-11/h4-8H2,1-3H3,(H,17,21)(H,18,22)(H,19,20,23). The number of aromatic amines is 1. The topological polar surface area (TPSA) is 104 Å². The summed E-state index contributed by atoms with van der Waals surface area (Å²) in [5.74, 6) is 0.766. The molecule has 7 nitrogen and oxygen atoms in total. The third kappa shape index (κ3) is 5.30. The predicted octanol–water partition coefficient (Wildman–Crippen LogP) is 1.48. The molecule has 2 aromatic rings. The maximum absolute atomic E-state index is 12.2. The number of amides is 2. The number of carbonyl (C=O) groups is 2. The van der Waals surface area contributed by atoms with E-state index in [0.717, 1.165) is 21.7 Å². The number of H-pyrrole nitrogens is 1. The van der Waals surface area contributed by atoms with Gasteiger partial charge >= 0.3 is 0 Å². The third-order valence-corrected chi connectivity index (χ3v) is 5.62. The van der Waals surface area contributed by atoms with E-state index in [9.17, 15) is 14.4 Å². The molecule has 0 fully saturated rings. The average Bonchev–Trinajstić information content (AvgIpc) is 2.85. The Morgan fingerprint density at radius 1 is 1.24 bits per heavy atom. The molecular formula is C16H22N4O3S2. The summed E-state index contributed by atoms with van der Waals surface area (Å²) in [7, 11) is 0. The molecule has 0 spiro atoms. The van der Waals surface area contributed by atoms with E-state index in [-0.39, 0.29) is 29.7 Å². The lowest BCUT2D eigenvalue weighted by molar-refractivity contribution is -0.124. The first-order valence-electron chi connectivity index (χ1n) is 8.02. The van der Waals surface area contributed by atoms with Crippen molar-refractivity contribution in [3.05, 3.63) is 26.6 Å². The van der Waals surface area contributed by atoms with Crippen LogP contribution in [0.2, 0.25) is 0 Å². The van der Waals surface area contributed by atoms with Crippen LogP contribution >= 0.6 is 23.1 Å². The number of aromatic nitrogens is 2. The van der Waals surface area contributed by atoms with Crippen molar-refractivity contribution in [2.75, 3.05) is 18.8 Å². The van der Waals surface area contributed by atoms with Gasteiger partial charge in [0, 0.05) is 11.4 Å². The van der Waals surface area contributed by atoms with E-state index in [0.29, 0.717) is 23.5 Å². The quantitative estimate of drug-likeness (QED) is 0.641. The van der Waals surface area contributed by atoms with Gasteiger partial charge < -0.3 is 15.6 Å². The number of thioether (sulfide) groups is 1. The number of aryl methyl sites for hydroxylation is 2. The van der Waals surface area contributed by atoms with Gasteiger partial charge in [0.15, 0.2) is 0 Å². The van der Waals surface area contributed by atoms with Crippen LogP contribution in [0.4, 0.5) is 0 Å². The van der Waals surface area contributed by atoms with Gasteiger partial charge in [0.2, 0.25) is 11.8 Å². The molecule has 0 saturated carbocycles. The van der Waals surface area contributed by atoms with Crippen molar-refractivity contribution in [2.45, 2.75) is 32.9 Å². The van der Waals surface area contributed by atoms with Crippen LogP contribution in [0.1, 0.15) is 29.6 Å². The van der Waals surface area contributed by atoms with Gasteiger partial charge in [0.25, 0.3) is 5.56 Å². The molecule has 0 radical (unpaired) electrons. The second-order valence-corrected chi connectivity index (χ2v) is 7.78. The first-order chi connectivity index (χ1) is 11.9. The van der Waals surface area contributed by atoms with Crippen molar-refractivity contribution in [1.29, 1.82) is 0 Å². The second kappa shape index (κ2) is 9.00. The first kappa shape index (κ1) is 19.5. The van der Waals surface area contributed by atoms with E-state index in [4.69, 9.17) is 0 Å². The molecular weight excluding hydrogens is 360 g/mol. The Labute approximate surface area is 154 Å². The second-order valence-electron chi connectivity index (χ2n) is 5.60. The van der Waals surface area contributed by atoms with E-state index in [1.807, 2.05) is 20.8 Å². The summed E-state index contributed by atoms with van der Waals surface area (Å²) >= 11 is 2.84. The number of hydrogen-bond donors (Lipinski definition) is 3. The fourth-order valence-electron chi connectivity index (χ4n) is 2.16. The van der Waals surface area contributed by atoms with Gasteiger partial charge in [-0.1, -0.05) is 6.92 Å². The molecule has 0 bridgehead atoms. The molecule has 9 heteroatoms. The monoisotopic (exact) mass is 382 g/mol. The highest BCUT2D eigenvalue weighted by molar-refractivity contribution is 7.99. The number of thiophene rings is 1. The zero-order valence-electron chi connectivity index (χ0n) is 14.5. The summed E-state index contributed by atoms with van der Waals surface area (Å²) in [6.45, 7) is 6.43. The van der Waals surface area contributed by atoms with Gasteiger partial charge in [-0.2, -0.15) is 0 Å². The molecule has 2 rings (SSSR count). The molecule has 0 aliphatic rings. The molecule has 25 heavy (non-hydrogen) atoms. The van der Waals surface area contributed by atoms with Gasteiger partial charge in [0.1, 0.15) is 10.7 Å². The fraction of sp³-hybridized carbons (Fsp3) is 0.500. The summed E-state index contributed by atoms with van der Waals surface area (Å²) in [6, 6.07) is 0. The minimum absolute atomic E-state index is 0.0197. The molecule has 136 valence electrons. The number of fused-ring (bicyclic) bond motifs is 1. The smallest absolute Gasteiger partial charge is 0.259 e. The van der Waals surface area contributed by atoms with Crippen LogP contribution in [-0.4, -0.2) is 40.6 Å². The van der Waals surface area contributed by atoms with Crippen LogP contribution < -0.4 is 16.2 Å². The average molecular weight is 383 g/mol. The highest BCUT2D eigenvalue weighted by Crippen LogP contribution is 2.26. The maximum atomic E-state index is 12.2. The zero-order valence-corrected chi connectivity index (χ0v) is 16.2. The molecule has 2 amide bonds. The summed E-state index contributed by atoms with van der Waals surface area (Å²) in [6.07, 6.45) is 0.856. The van der Waals surface area contributed by atoms with Gasteiger partial charge in [-0.3, -0.25) is 14.4 Å². The summed E-state index contributed by atoms with van der Waals surface area (Å²) in [5, 5.41) is 5.90. The lowest BCUT2D eigenvalue weighted by Gasteiger charge is -2.06. The zero-order chi connectivity index (χ0) is 18.4. The molecule has 0 aliphatic carbocycles. The summed E-state index contributed by atoms with van der Waals surface area (Å²) in [5.41, 5.74) is 0.827. The fourth-order valence-corrected chi connectivity index (χ4v) is 3.93. The predicted molar refractivity (Wildman–Crippen MR) is 102 cm³/mol. The van der Waals surface area contributed by atoms with Crippen molar-refractivity contribution >= 4 is 45.1 Å². The normalized spacial score (nSPS) is 10.8. The third-order valence-electron chi connectivity index (χ3n) is 3.58. The molecule has 2 aromatic heterocycles. The number of hydrogen-bond acceptors (Lipinski definition) is 6. The lowest BCUT2D eigenvalue weighted by atomic mass is 10.2. The highest BCUT2D eigenvalue weighted by atomic mass is 32.2. The van der Waals surface area contributed by atoms with Gasteiger partial charge in [-0.05, 0) is 25.8 Å². The first-order valence-corrected chi connectivity index (χ1v) is 9.99. The highest BCUT2D eigenvalue weighted by Gasteiger charge is 2.12. The number of nitrogens with zero attached hydrogens (tertiary/aromatic N) is 1. The number of nitrogens with one attached hydrogen (secondary N) is 3. The lowest BCUT2D eigenvalue weighted by Crippen LogP contribution is -2.37. The molecule has 3 N–H and O–H groups in total. The Morgan fingerprint density at radius 2 is 2.00 bits per heavy atom. The number of carbonyl (C=O) groups excluding carboxylic acids is 2. The van der Waals surface area contributed by atoms with Gasteiger partial charge in [-0.25, -0.2) is 4.98 Å². The van der Waals surface area contributed by atoms with Crippen molar-refractivity contribution in [1.82, 2.24) is 20.6 Å². The Bertz CT molecular complexity index is 829. The van der Waals surface area contributed by atoms with Crippen LogP contribution in [0, 0.1) is 13.8 Å². The summed E-state index contributed by atoms with van der Waals surface area (Å²) in [4.78, 5) is 44.4. The molecule has 0 atom stereocenters. The Hall–Kier alpha value is -1.87.